The predicted molar refractivity (Wildman–Crippen MR) is 105 cm³/mol. The first-order chi connectivity index (χ1) is 12.3. The van der Waals surface area contributed by atoms with Gasteiger partial charge in [-0.2, -0.15) is 0 Å². The Morgan fingerprint density at radius 1 is 1.42 bits per heavy atom. The fourth-order valence-electron chi connectivity index (χ4n) is 3.58. The topological polar surface area (TPSA) is 79.3 Å². The summed E-state index contributed by atoms with van der Waals surface area (Å²) in [6, 6.07) is 0.0581. The minimum absolute atomic E-state index is 0.00773. The van der Waals surface area contributed by atoms with Gasteiger partial charge in [0.1, 0.15) is 10.9 Å². The third-order valence-electron chi connectivity index (χ3n) is 5.22. The van der Waals surface area contributed by atoms with Gasteiger partial charge in [-0.1, -0.05) is 6.92 Å². The van der Waals surface area contributed by atoms with E-state index in [1.807, 2.05) is 27.8 Å². The van der Waals surface area contributed by atoms with Gasteiger partial charge in [-0.15, -0.1) is 11.3 Å². The summed E-state index contributed by atoms with van der Waals surface area (Å²) < 4.78 is 0. The van der Waals surface area contributed by atoms with E-state index in [-0.39, 0.29) is 23.6 Å². The number of carbonyl (C=O) groups excluding carboxylic acids is 1. The van der Waals surface area contributed by atoms with Crippen LogP contribution in [-0.2, 0) is 17.6 Å². The molecule has 3 N–H and O–H groups in total. The van der Waals surface area contributed by atoms with E-state index in [9.17, 15) is 9.59 Å². The van der Waals surface area contributed by atoms with Gasteiger partial charge in [-0.3, -0.25) is 9.59 Å². The molecule has 26 heavy (non-hydrogen) atoms. The molecule has 1 aliphatic carbocycles. The fraction of sp³-hybridized carbons (Fsp3) is 0.632. The van der Waals surface area contributed by atoms with E-state index in [0.29, 0.717) is 18.3 Å². The van der Waals surface area contributed by atoms with Crippen LogP contribution in [0.15, 0.2) is 4.79 Å². The van der Waals surface area contributed by atoms with E-state index in [4.69, 9.17) is 4.98 Å². The maximum atomic E-state index is 12.7. The number of carbonyl (C=O) groups is 1. The number of hydrogen-bond donors (Lipinski definition) is 3. The average Bonchev–Trinajstić information content (AvgIpc) is 2.90. The van der Waals surface area contributed by atoms with Crippen LogP contribution in [0.4, 0.5) is 0 Å². The molecule has 2 aromatic heterocycles. The summed E-state index contributed by atoms with van der Waals surface area (Å²) in [5.74, 6) is 1.33. The molecule has 1 amide bonds. The lowest BCUT2D eigenvalue weighted by molar-refractivity contribution is -0.903. The maximum absolute atomic E-state index is 12.7. The normalized spacial score (nSPS) is 19.4. The number of H-pyrrole nitrogens is 1. The van der Waals surface area contributed by atoms with Crippen LogP contribution in [0.2, 0.25) is 0 Å². The second kappa shape index (κ2) is 7.48. The van der Waals surface area contributed by atoms with Crippen LogP contribution in [0, 0.1) is 5.92 Å². The van der Waals surface area contributed by atoms with Crippen LogP contribution in [-0.4, -0.2) is 35.5 Å². The predicted octanol–water partition coefficient (Wildman–Crippen LogP) is 1.21. The van der Waals surface area contributed by atoms with Gasteiger partial charge >= 0.3 is 0 Å². The van der Waals surface area contributed by atoms with Crippen molar-refractivity contribution in [1.29, 1.82) is 0 Å². The van der Waals surface area contributed by atoms with Gasteiger partial charge in [0.2, 0.25) is 0 Å². The van der Waals surface area contributed by atoms with Crippen molar-refractivity contribution in [1.82, 2.24) is 15.3 Å². The number of aromatic nitrogens is 2. The second-order valence-electron chi connectivity index (χ2n) is 7.95. The highest BCUT2D eigenvalue weighted by molar-refractivity contribution is 7.18. The number of thiophene rings is 1. The molecule has 6 nitrogen and oxygen atoms in total. The number of likely N-dealkylation sites (N-methyl/N-ethyl adjacent to an activating group) is 1. The molecule has 1 unspecified atom stereocenters. The number of aromatic amines is 1. The van der Waals surface area contributed by atoms with Crippen molar-refractivity contribution >= 4 is 27.5 Å². The lowest BCUT2D eigenvalue weighted by atomic mass is 9.89. The number of fused-ring (bicyclic) bond motifs is 3. The van der Waals surface area contributed by atoms with Gasteiger partial charge < -0.3 is 15.2 Å². The van der Waals surface area contributed by atoms with E-state index in [1.54, 1.807) is 11.3 Å². The molecule has 7 heteroatoms. The number of quaternary nitrogens is 1. The summed E-state index contributed by atoms with van der Waals surface area (Å²) in [5, 5.41) is 3.69. The quantitative estimate of drug-likeness (QED) is 0.733. The molecule has 3 atom stereocenters. The van der Waals surface area contributed by atoms with Crippen molar-refractivity contribution in [3.05, 3.63) is 26.6 Å². The summed E-state index contributed by atoms with van der Waals surface area (Å²) >= 11 is 1.66. The Labute approximate surface area is 158 Å². The zero-order valence-corrected chi connectivity index (χ0v) is 17.0. The average molecular weight is 378 g/mol. The minimum Gasteiger partial charge on any atom is -0.349 e. The van der Waals surface area contributed by atoms with Gasteiger partial charge in [-0.05, 0) is 51.5 Å². The van der Waals surface area contributed by atoms with Crippen LogP contribution in [0.5, 0.6) is 0 Å². The SMILES string of the molecule is CC(C)NC(=O)C[NH+](C)[C@H](C)c1nc2sc3c(c2c(=O)[nH]1)CC[C@H](C)C3. The third-order valence-corrected chi connectivity index (χ3v) is 6.37. The second-order valence-corrected chi connectivity index (χ2v) is 9.03. The molecular formula is C19H29N4O2S+. The number of amides is 1. The van der Waals surface area contributed by atoms with Crippen molar-refractivity contribution in [2.75, 3.05) is 13.6 Å². The standard InChI is InChI=1S/C19H28N4O2S/c1-10(2)20-15(24)9-23(5)12(4)17-21-18(25)16-13-7-6-11(3)8-14(13)26-19(16)22-17/h10-12H,6-9H2,1-5H3,(H,20,24)(H,21,22,25)/p+1/t11-,12+/m0/s1. The van der Waals surface area contributed by atoms with Gasteiger partial charge in [0, 0.05) is 10.9 Å². The van der Waals surface area contributed by atoms with Crippen molar-refractivity contribution in [3.8, 4) is 0 Å². The zero-order valence-electron chi connectivity index (χ0n) is 16.2. The van der Waals surface area contributed by atoms with E-state index in [2.05, 4.69) is 17.2 Å². The van der Waals surface area contributed by atoms with Crippen LogP contribution in [0.1, 0.15) is 56.4 Å². The van der Waals surface area contributed by atoms with E-state index < -0.39 is 0 Å². The van der Waals surface area contributed by atoms with E-state index in [0.717, 1.165) is 34.4 Å². The number of nitrogens with zero attached hydrogens (tertiary/aromatic N) is 1. The summed E-state index contributed by atoms with van der Waals surface area (Å²) in [6.45, 7) is 8.50. The Hall–Kier alpha value is -1.73. The van der Waals surface area contributed by atoms with Crippen LogP contribution >= 0.6 is 11.3 Å². The Morgan fingerprint density at radius 2 is 2.15 bits per heavy atom. The first kappa shape index (κ1) is 19.0. The Bertz CT molecular complexity index is 870. The molecule has 1 aliphatic rings. The number of rotatable bonds is 5. The highest BCUT2D eigenvalue weighted by atomic mass is 32.1. The van der Waals surface area contributed by atoms with Crippen molar-refractivity contribution in [2.24, 2.45) is 5.92 Å². The Morgan fingerprint density at radius 3 is 2.85 bits per heavy atom. The molecule has 2 heterocycles. The Balaban J connectivity index is 1.86. The number of nitrogens with one attached hydrogen (secondary N) is 3. The largest absolute Gasteiger partial charge is 0.349 e. The van der Waals surface area contributed by atoms with Gasteiger partial charge in [-0.25, -0.2) is 4.98 Å². The highest BCUT2D eigenvalue weighted by Gasteiger charge is 2.26. The van der Waals surface area contributed by atoms with Crippen LogP contribution < -0.4 is 15.8 Å². The van der Waals surface area contributed by atoms with E-state index >= 15 is 0 Å². The molecule has 142 valence electrons. The molecule has 0 bridgehead atoms. The molecular weight excluding hydrogens is 348 g/mol. The monoisotopic (exact) mass is 377 g/mol. The van der Waals surface area contributed by atoms with Crippen molar-refractivity contribution < 1.29 is 9.69 Å². The first-order valence-corrected chi connectivity index (χ1v) is 10.2. The minimum atomic E-state index is -0.0666. The maximum Gasteiger partial charge on any atom is 0.275 e. The smallest absolute Gasteiger partial charge is 0.275 e. The van der Waals surface area contributed by atoms with E-state index in [1.165, 1.54) is 10.4 Å². The molecule has 0 aliphatic heterocycles. The Kier molecular flexibility index (Phi) is 5.48. The molecule has 2 aromatic rings. The van der Waals surface area contributed by atoms with Gasteiger partial charge in [0.25, 0.3) is 11.5 Å². The van der Waals surface area contributed by atoms with Gasteiger partial charge in [0.05, 0.1) is 12.4 Å². The van der Waals surface area contributed by atoms with Crippen molar-refractivity contribution in [2.45, 2.75) is 59.0 Å². The van der Waals surface area contributed by atoms with Crippen LogP contribution in [0.3, 0.4) is 0 Å². The van der Waals surface area contributed by atoms with Crippen molar-refractivity contribution in [3.63, 3.8) is 0 Å². The van der Waals surface area contributed by atoms with Crippen LogP contribution in [0.25, 0.3) is 10.2 Å². The fourth-order valence-corrected chi connectivity index (χ4v) is 4.97. The molecule has 0 spiro atoms. The molecule has 0 fully saturated rings. The lowest BCUT2D eigenvalue weighted by Crippen LogP contribution is -3.10. The highest BCUT2D eigenvalue weighted by Crippen LogP contribution is 2.35. The summed E-state index contributed by atoms with van der Waals surface area (Å²) in [6.07, 6.45) is 3.15. The molecule has 0 saturated carbocycles. The summed E-state index contributed by atoms with van der Waals surface area (Å²) in [7, 11) is 1.95. The molecule has 0 aromatic carbocycles. The number of hydrogen-bond acceptors (Lipinski definition) is 4. The third kappa shape index (κ3) is 3.83. The van der Waals surface area contributed by atoms with Gasteiger partial charge in [0.15, 0.2) is 12.4 Å². The zero-order chi connectivity index (χ0) is 19.0. The number of aryl methyl sites for hydroxylation is 1. The molecule has 0 radical (unpaired) electrons. The first-order valence-electron chi connectivity index (χ1n) is 9.42. The molecule has 0 saturated heterocycles. The summed E-state index contributed by atoms with van der Waals surface area (Å²) in [4.78, 5) is 35.7. The lowest BCUT2D eigenvalue weighted by Gasteiger charge is -2.21. The molecule has 3 rings (SSSR count). The summed E-state index contributed by atoms with van der Waals surface area (Å²) in [5.41, 5.74) is 1.16.